The van der Waals surface area contributed by atoms with E-state index >= 15 is 0 Å². The van der Waals surface area contributed by atoms with Crippen molar-refractivity contribution in [1.29, 1.82) is 0 Å². The average molecular weight is 359 g/mol. The normalized spacial score (nSPS) is 10.2. The number of hydrogen-bond acceptors (Lipinski definition) is 5. The van der Waals surface area contributed by atoms with E-state index in [0.29, 0.717) is 17.9 Å². The predicted octanol–water partition coefficient (Wildman–Crippen LogP) is 1.41. The first kappa shape index (κ1) is 19.2. The number of imide groups is 1. The number of urea groups is 1. The highest BCUT2D eigenvalue weighted by Gasteiger charge is 2.17. The molecule has 0 saturated carbocycles. The number of benzene rings is 1. The van der Waals surface area contributed by atoms with Crippen LogP contribution in [0.5, 0.6) is 0 Å². The Hall–Kier alpha value is -3.13. The topological polar surface area (TPSA) is 98.7 Å². The van der Waals surface area contributed by atoms with Gasteiger partial charge in [0.25, 0.3) is 5.91 Å². The quantitative estimate of drug-likeness (QED) is 0.575. The van der Waals surface area contributed by atoms with E-state index in [1.54, 1.807) is 16.7 Å². The zero-order valence-corrected chi connectivity index (χ0v) is 14.7. The van der Waals surface area contributed by atoms with E-state index < -0.39 is 24.5 Å². The van der Waals surface area contributed by atoms with Gasteiger partial charge in [-0.05, 0) is 30.7 Å². The van der Waals surface area contributed by atoms with Gasteiger partial charge >= 0.3 is 12.0 Å². The van der Waals surface area contributed by atoms with Gasteiger partial charge in [-0.15, -0.1) is 0 Å². The number of aromatic nitrogens is 1. The molecule has 0 saturated heterocycles. The first-order valence-electron chi connectivity index (χ1n) is 7.99. The molecule has 26 heavy (non-hydrogen) atoms. The van der Waals surface area contributed by atoms with E-state index in [1.807, 2.05) is 37.5 Å². The van der Waals surface area contributed by atoms with Crippen molar-refractivity contribution in [3.05, 3.63) is 53.9 Å². The van der Waals surface area contributed by atoms with Gasteiger partial charge in [-0.3, -0.25) is 10.1 Å². The first-order chi connectivity index (χ1) is 12.5. The van der Waals surface area contributed by atoms with Crippen LogP contribution in [0, 0.1) is 6.92 Å². The van der Waals surface area contributed by atoms with E-state index in [9.17, 15) is 14.4 Å². The van der Waals surface area contributed by atoms with E-state index in [0.717, 1.165) is 5.56 Å². The van der Waals surface area contributed by atoms with Crippen LogP contribution in [0.15, 0.2) is 42.7 Å². The molecule has 0 atom stereocenters. The Bertz CT molecular complexity index is 771. The molecular weight excluding hydrogens is 338 g/mol. The standard InChI is InChI=1S/C18H21N3O5/c1-13-6-5-7-14(16(13)21-9-3-4-10-21)17(23)26-12-15(22)20-18(24)19-8-11-25-2/h3-7,9-10H,8,11-12H2,1-2H3,(H2,19,20,22,24). The number of nitrogens with one attached hydrogen (secondary N) is 2. The van der Waals surface area contributed by atoms with Crippen molar-refractivity contribution in [2.24, 2.45) is 0 Å². The number of rotatable bonds is 7. The molecule has 8 heteroatoms. The lowest BCUT2D eigenvalue weighted by Crippen LogP contribution is -2.42. The molecular formula is C18H21N3O5. The number of carbonyl (C=O) groups excluding carboxylic acids is 3. The van der Waals surface area contributed by atoms with Gasteiger partial charge in [-0.2, -0.15) is 0 Å². The number of nitrogens with zero attached hydrogens (tertiary/aromatic N) is 1. The molecule has 1 aromatic heterocycles. The van der Waals surface area contributed by atoms with Crippen molar-refractivity contribution in [2.75, 3.05) is 26.9 Å². The zero-order chi connectivity index (χ0) is 18.9. The van der Waals surface area contributed by atoms with Crippen LogP contribution in [0.3, 0.4) is 0 Å². The maximum absolute atomic E-state index is 12.4. The minimum atomic E-state index is -0.719. The summed E-state index contributed by atoms with van der Waals surface area (Å²) < 4.78 is 11.6. The molecule has 0 fully saturated rings. The summed E-state index contributed by atoms with van der Waals surface area (Å²) >= 11 is 0. The largest absolute Gasteiger partial charge is 0.452 e. The number of hydrogen-bond donors (Lipinski definition) is 2. The van der Waals surface area contributed by atoms with E-state index in [1.165, 1.54) is 7.11 Å². The summed E-state index contributed by atoms with van der Waals surface area (Å²) in [4.78, 5) is 35.6. The third kappa shape index (κ3) is 5.18. The number of aryl methyl sites for hydroxylation is 1. The van der Waals surface area contributed by atoms with Gasteiger partial charge in [0, 0.05) is 26.0 Å². The van der Waals surface area contributed by atoms with Crippen LogP contribution in [0.4, 0.5) is 4.79 Å². The van der Waals surface area contributed by atoms with Crippen molar-refractivity contribution in [2.45, 2.75) is 6.92 Å². The Morgan fingerprint density at radius 2 is 1.85 bits per heavy atom. The van der Waals surface area contributed by atoms with Gasteiger partial charge in [-0.1, -0.05) is 12.1 Å². The second-order valence-electron chi connectivity index (χ2n) is 5.43. The smallest absolute Gasteiger partial charge is 0.340 e. The molecule has 1 aromatic carbocycles. The fraction of sp³-hybridized carbons (Fsp3) is 0.278. The Morgan fingerprint density at radius 3 is 2.54 bits per heavy atom. The molecule has 8 nitrogen and oxygen atoms in total. The fourth-order valence-electron chi connectivity index (χ4n) is 2.33. The molecule has 0 bridgehead atoms. The summed E-state index contributed by atoms with van der Waals surface area (Å²) in [7, 11) is 1.50. The van der Waals surface area contributed by atoms with Crippen molar-refractivity contribution in [3.8, 4) is 5.69 Å². The lowest BCUT2D eigenvalue weighted by Gasteiger charge is -2.13. The maximum atomic E-state index is 12.4. The lowest BCUT2D eigenvalue weighted by molar-refractivity contribution is -0.123. The van der Waals surface area contributed by atoms with Crippen molar-refractivity contribution < 1.29 is 23.9 Å². The minimum Gasteiger partial charge on any atom is -0.452 e. The lowest BCUT2D eigenvalue weighted by atomic mass is 10.1. The highest BCUT2D eigenvalue weighted by molar-refractivity contribution is 5.98. The Labute approximate surface area is 151 Å². The van der Waals surface area contributed by atoms with E-state index in [-0.39, 0.29) is 6.54 Å². The van der Waals surface area contributed by atoms with Crippen LogP contribution in [0.25, 0.3) is 5.69 Å². The number of carbonyl (C=O) groups is 3. The second-order valence-corrected chi connectivity index (χ2v) is 5.43. The van der Waals surface area contributed by atoms with Crippen LogP contribution in [0.1, 0.15) is 15.9 Å². The Balaban J connectivity index is 1.96. The summed E-state index contributed by atoms with van der Waals surface area (Å²) in [6.45, 7) is 1.91. The minimum absolute atomic E-state index is 0.263. The molecule has 0 aliphatic heterocycles. The fourth-order valence-corrected chi connectivity index (χ4v) is 2.33. The highest BCUT2D eigenvalue weighted by atomic mass is 16.5. The Morgan fingerprint density at radius 1 is 1.12 bits per heavy atom. The van der Waals surface area contributed by atoms with E-state index in [2.05, 4.69) is 10.6 Å². The van der Waals surface area contributed by atoms with Crippen LogP contribution >= 0.6 is 0 Å². The van der Waals surface area contributed by atoms with Gasteiger partial charge in [0.15, 0.2) is 6.61 Å². The summed E-state index contributed by atoms with van der Waals surface area (Å²) in [5.41, 5.74) is 1.90. The van der Waals surface area contributed by atoms with Crippen LogP contribution in [-0.4, -0.2) is 49.3 Å². The van der Waals surface area contributed by atoms with Crippen molar-refractivity contribution in [1.82, 2.24) is 15.2 Å². The molecule has 138 valence electrons. The van der Waals surface area contributed by atoms with Crippen molar-refractivity contribution >= 4 is 17.9 Å². The number of ether oxygens (including phenoxy) is 2. The Kier molecular flexibility index (Phi) is 6.92. The predicted molar refractivity (Wildman–Crippen MR) is 94.2 cm³/mol. The van der Waals surface area contributed by atoms with Crippen LogP contribution < -0.4 is 10.6 Å². The van der Waals surface area contributed by atoms with Gasteiger partial charge < -0.3 is 19.4 Å². The molecule has 2 aromatic rings. The van der Waals surface area contributed by atoms with Crippen LogP contribution in [0.2, 0.25) is 0 Å². The van der Waals surface area contributed by atoms with Gasteiger partial charge in [-0.25, -0.2) is 9.59 Å². The van der Waals surface area contributed by atoms with Gasteiger partial charge in [0.1, 0.15) is 0 Å². The van der Waals surface area contributed by atoms with Crippen molar-refractivity contribution in [3.63, 3.8) is 0 Å². The molecule has 1 heterocycles. The monoisotopic (exact) mass is 359 g/mol. The molecule has 0 spiro atoms. The third-order valence-corrected chi connectivity index (χ3v) is 3.50. The maximum Gasteiger partial charge on any atom is 0.340 e. The second kappa shape index (κ2) is 9.38. The molecule has 0 aliphatic carbocycles. The summed E-state index contributed by atoms with van der Waals surface area (Å²) in [5.74, 6) is -1.37. The summed E-state index contributed by atoms with van der Waals surface area (Å²) in [6, 6.07) is 8.26. The summed E-state index contributed by atoms with van der Waals surface area (Å²) in [6.07, 6.45) is 3.63. The molecule has 2 N–H and O–H groups in total. The summed E-state index contributed by atoms with van der Waals surface area (Å²) in [5, 5.41) is 4.50. The molecule has 0 aliphatic rings. The first-order valence-corrected chi connectivity index (χ1v) is 7.99. The van der Waals surface area contributed by atoms with E-state index in [4.69, 9.17) is 9.47 Å². The third-order valence-electron chi connectivity index (χ3n) is 3.50. The number of amides is 3. The molecule has 0 radical (unpaired) electrons. The highest BCUT2D eigenvalue weighted by Crippen LogP contribution is 2.20. The number of methoxy groups -OCH3 is 1. The van der Waals surface area contributed by atoms with Crippen LogP contribution in [-0.2, 0) is 14.3 Å². The SMILES string of the molecule is COCCNC(=O)NC(=O)COC(=O)c1cccc(C)c1-n1cccc1. The number of esters is 1. The zero-order valence-electron chi connectivity index (χ0n) is 14.7. The molecule has 2 rings (SSSR count). The average Bonchev–Trinajstić information content (AvgIpc) is 3.13. The van der Waals surface area contributed by atoms with Gasteiger partial charge in [0.2, 0.25) is 0 Å². The van der Waals surface area contributed by atoms with Gasteiger partial charge in [0.05, 0.1) is 17.9 Å². The number of para-hydroxylation sites is 1. The molecule has 0 unspecified atom stereocenters. The molecule has 3 amide bonds.